The first-order chi connectivity index (χ1) is 6.82. The minimum atomic E-state index is -4.72. The van der Waals surface area contributed by atoms with Crippen LogP contribution in [0.15, 0.2) is 11.5 Å². The third-order valence-corrected chi connectivity index (χ3v) is 3.75. The fourth-order valence-electron chi connectivity index (χ4n) is 1.15. The Morgan fingerprint density at radius 2 is 2.20 bits per heavy atom. The zero-order chi connectivity index (χ0) is 11.7. The Kier molecular flexibility index (Phi) is 3.44. The quantitative estimate of drug-likeness (QED) is 0.581. The molecule has 1 aliphatic rings. The van der Waals surface area contributed by atoms with E-state index >= 15 is 0 Å². The highest BCUT2D eigenvalue weighted by Crippen LogP contribution is 2.43. The molecule has 0 radical (unpaired) electrons. The third kappa shape index (κ3) is 2.51. The molecule has 0 aliphatic carbocycles. The monoisotopic (exact) mass is 254 g/mol. The average Bonchev–Trinajstić information content (AvgIpc) is 2.45. The summed E-state index contributed by atoms with van der Waals surface area (Å²) in [5.74, 6) is -1.38. The molecule has 15 heavy (non-hydrogen) atoms. The number of thioether (sulfide) groups is 1. The third-order valence-electron chi connectivity index (χ3n) is 1.91. The predicted molar refractivity (Wildman–Crippen MR) is 53.3 cm³/mol. The second kappa shape index (κ2) is 4.12. The van der Waals surface area contributed by atoms with Gasteiger partial charge in [0, 0.05) is 5.92 Å². The van der Waals surface area contributed by atoms with Crippen molar-refractivity contribution >= 4 is 28.1 Å². The number of carbonyl (C=O) groups excluding carboxylic acids is 1. The molecule has 0 saturated carbocycles. The Balaban J connectivity index is 3.04. The van der Waals surface area contributed by atoms with Crippen molar-refractivity contribution in [1.82, 2.24) is 0 Å². The van der Waals surface area contributed by atoms with Crippen LogP contribution < -0.4 is 0 Å². The molecule has 8 heteroatoms. The second-order valence-electron chi connectivity index (χ2n) is 2.91. The van der Waals surface area contributed by atoms with Crippen LogP contribution in [0.1, 0.15) is 6.92 Å². The van der Waals surface area contributed by atoms with E-state index in [9.17, 15) is 13.2 Å². The summed E-state index contributed by atoms with van der Waals surface area (Å²) in [5.41, 5.74) is 0. The van der Waals surface area contributed by atoms with Gasteiger partial charge in [-0.1, -0.05) is 24.8 Å². The Morgan fingerprint density at radius 3 is 2.53 bits per heavy atom. The Labute approximate surface area is 91.6 Å². The molecule has 1 heterocycles. The van der Waals surface area contributed by atoms with E-state index in [-0.39, 0.29) is 0 Å². The van der Waals surface area contributed by atoms with Gasteiger partial charge in [-0.05, 0) is 5.41 Å². The van der Waals surface area contributed by atoms with Gasteiger partial charge in [0.05, 0.1) is 7.11 Å². The van der Waals surface area contributed by atoms with Crippen LogP contribution in [0.5, 0.6) is 0 Å². The number of carbonyl (C=O) groups is 1. The summed E-state index contributed by atoms with van der Waals surface area (Å²) >= 11 is 0.841. The molecular formula is C7H10O6S2. The number of ether oxygens (including phenoxy) is 1. The molecule has 0 spiro atoms. The van der Waals surface area contributed by atoms with Gasteiger partial charge in [0.2, 0.25) is 4.93 Å². The highest BCUT2D eigenvalue weighted by molar-refractivity contribution is 8.04. The number of esters is 1. The van der Waals surface area contributed by atoms with Gasteiger partial charge in [0.15, 0.2) is 0 Å². The first kappa shape index (κ1) is 12.5. The standard InChI is InChI=1S/C7H10O6S2/c1-5-3-4-14-7(5,6(8)12-2)13-15(9,10)11/h3-5H,1-2H3,(H,9,10,11). The Hall–Kier alpha value is -0.570. The van der Waals surface area contributed by atoms with Crippen molar-refractivity contribution in [2.24, 2.45) is 5.92 Å². The smallest absolute Gasteiger partial charge is 0.399 e. The van der Waals surface area contributed by atoms with Gasteiger partial charge >= 0.3 is 16.4 Å². The molecule has 2 atom stereocenters. The minimum absolute atomic E-state index is 0.517. The van der Waals surface area contributed by atoms with Crippen LogP contribution in [-0.4, -0.2) is 31.0 Å². The molecule has 6 nitrogen and oxygen atoms in total. The van der Waals surface area contributed by atoms with Crippen molar-refractivity contribution in [1.29, 1.82) is 0 Å². The number of methoxy groups -OCH3 is 1. The van der Waals surface area contributed by atoms with E-state index in [0.29, 0.717) is 0 Å². The van der Waals surface area contributed by atoms with E-state index < -0.39 is 27.2 Å². The summed E-state index contributed by atoms with van der Waals surface area (Å²) in [7, 11) is -3.60. The van der Waals surface area contributed by atoms with Crippen LogP contribution in [0.2, 0.25) is 0 Å². The number of rotatable bonds is 3. The van der Waals surface area contributed by atoms with Gasteiger partial charge < -0.3 is 4.74 Å². The van der Waals surface area contributed by atoms with Gasteiger partial charge in [-0.15, -0.1) is 0 Å². The lowest BCUT2D eigenvalue weighted by Crippen LogP contribution is -2.44. The molecule has 1 N–H and O–H groups in total. The van der Waals surface area contributed by atoms with E-state index in [0.717, 1.165) is 18.9 Å². The number of hydrogen-bond acceptors (Lipinski definition) is 6. The number of hydrogen-bond donors (Lipinski definition) is 1. The van der Waals surface area contributed by atoms with Gasteiger partial charge in [-0.25, -0.2) is 8.98 Å². The van der Waals surface area contributed by atoms with E-state index in [1.165, 1.54) is 5.41 Å². The summed E-state index contributed by atoms with van der Waals surface area (Å²) in [6, 6.07) is 0. The van der Waals surface area contributed by atoms with Crippen molar-refractivity contribution in [3.63, 3.8) is 0 Å². The van der Waals surface area contributed by atoms with Crippen LogP contribution in [0, 0.1) is 5.92 Å². The van der Waals surface area contributed by atoms with Crippen molar-refractivity contribution in [3.8, 4) is 0 Å². The van der Waals surface area contributed by atoms with Gasteiger partial charge in [0.1, 0.15) is 0 Å². The molecule has 0 amide bonds. The minimum Gasteiger partial charge on any atom is -0.466 e. The SMILES string of the molecule is COC(=O)C1(OS(=O)(=O)O)SC=CC1C. The van der Waals surface area contributed by atoms with Crippen LogP contribution in [0.4, 0.5) is 0 Å². The Bertz CT molecular complexity index is 386. The fourth-order valence-corrected chi connectivity index (χ4v) is 3.09. The first-order valence-electron chi connectivity index (χ1n) is 3.93. The van der Waals surface area contributed by atoms with E-state index in [1.54, 1.807) is 13.0 Å². The zero-order valence-electron chi connectivity index (χ0n) is 8.04. The highest BCUT2D eigenvalue weighted by atomic mass is 32.3. The molecule has 2 unspecified atom stereocenters. The average molecular weight is 254 g/mol. The second-order valence-corrected chi connectivity index (χ2v) is 5.04. The van der Waals surface area contributed by atoms with Gasteiger partial charge in [-0.2, -0.15) is 8.42 Å². The molecule has 86 valence electrons. The van der Waals surface area contributed by atoms with Crippen molar-refractivity contribution < 1.29 is 26.7 Å². The molecule has 1 aliphatic heterocycles. The Morgan fingerprint density at radius 1 is 1.60 bits per heavy atom. The summed E-state index contributed by atoms with van der Waals surface area (Å²) in [5, 5.41) is 1.52. The summed E-state index contributed by atoms with van der Waals surface area (Å²) in [6.45, 7) is 1.58. The van der Waals surface area contributed by atoms with E-state index in [4.69, 9.17) is 4.55 Å². The van der Waals surface area contributed by atoms with Crippen molar-refractivity contribution in [3.05, 3.63) is 11.5 Å². The maximum absolute atomic E-state index is 11.4. The molecule has 0 fully saturated rings. The van der Waals surface area contributed by atoms with E-state index in [2.05, 4.69) is 8.92 Å². The van der Waals surface area contributed by atoms with Crippen molar-refractivity contribution in [2.75, 3.05) is 7.11 Å². The van der Waals surface area contributed by atoms with Crippen LogP contribution in [0.25, 0.3) is 0 Å². The molecule has 0 aromatic rings. The molecule has 0 aromatic carbocycles. The molecule has 0 bridgehead atoms. The van der Waals surface area contributed by atoms with Gasteiger partial charge in [-0.3, -0.25) is 4.55 Å². The largest absolute Gasteiger partial charge is 0.466 e. The molecule has 1 rings (SSSR count). The van der Waals surface area contributed by atoms with Gasteiger partial charge in [0.25, 0.3) is 0 Å². The normalized spacial score (nSPS) is 30.5. The molecule has 0 aromatic heterocycles. The molecular weight excluding hydrogens is 244 g/mol. The maximum Gasteiger partial charge on any atom is 0.399 e. The topological polar surface area (TPSA) is 89.9 Å². The van der Waals surface area contributed by atoms with Crippen LogP contribution >= 0.6 is 11.8 Å². The van der Waals surface area contributed by atoms with Crippen molar-refractivity contribution in [2.45, 2.75) is 11.9 Å². The lowest BCUT2D eigenvalue weighted by atomic mass is 10.1. The highest BCUT2D eigenvalue weighted by Gasteiger charge is 2.51. The van der Waals surface area contributed by atoms with Crippen LogP contribution in [0.3, 0.4) is 0 Å². The maximum atomic E-state index is 11.4. The van der Waals surface area contributed by atoms with Crippen LogP contribution in [-0.2, 0) is 24.1 Å². The fraction of sp³-hybridized carbons (Fsp3) is 0.571. The lowest BCUT2D eigenvalue weighted by Gasteiger charge is -2.27. The summed E-state index contributed by atoms with van der Waals surface area (Å²) in [6.07, 6.45) is 1.59. The summed E-state index contributed by atoms with van der Waals surface area (Å²) in [4.78, 5) is 9.69. The first-order valence-corrected chi connectivity index (χ1v) is 6.17. The lowest BCUT2D eigenvalue weighted by molar-refractivity contribution is -0.153. The zero-order valence-corrected chi connectivity index (χ0v) is 9.67. The summed E-state index contributed by atoms with van der Waals surface area (Å²) < 4.78 is 38.8. The molecule has 0 saturated heterocycles. The predicted octanol–water partition coefficient (Wildman–Crippen LogP) is 0.572. The van der Waals surface area contributed by atoms with E-state index in [1.807, 2.05) is 0 Å².